The highest BCUT2D eigenvalue weighted by atomic mass is 31.2. The number of aromatic nitrogens is 1. The third kappa shape index (κ3) is 4.80. The molecular formula is C49H32NOP. The van der Waals surface area contributed by atoms with E-state index in [0.717, 1.165) is 60.0 Å². The second-order valence-electron chi connectivity index (χ2n) is 13.4. The van der Waals surface area contributed by atoms with Gasteiger partial charge in [-0.2, -0.15) is 0 Å². The molecular weight excluding hydrogens is 650 g/mol. The van der Waals surface area contributed by atoms with Gasteiger partial charge in [-0.25, -0.2) is 4.98 Å². The molecule has 0 radical (unpaired) electrons. The van der Waals surface area contributed by atoms with Gasteiger partial charge in [0.15, 0.2) is 7.14 Å². The average Bonchev–Trinajstić information content (AvgIpc) is 3.23. The molecule has 0 saturated carbocycles. The van der Waals surface area contributed by atoms with Crippen molar-refractivity contribution < 1.29 is 4.57 Å². The maximum atomic E-state index is 15.0. The van der Waals surface area contributed by atoms with E-state index in [9.17, 15) is 4.57 Å². The molecule has 0 aliphatic rings. The van der Waals surface area contributed by atoms with Gasteiger partial charge in [0.1, 0.15) is 0 Å². The predicted octanol–water partition coefficient (Wildman–Crippen LogP) is 11.8. The fraction of sp³-hybridized carbons (Fsp3) is 0. The number of hydrogen-bond donors (Lipinski definition) is 0. The molecule has 0 fully saturated rings. The first-order valence-corrected chi connectivity index (χ1v) is 19.4. The van der Waals surface area contributed by atoms with Crippen molar-refractivity contribution in [3.63, 3.8) is 0 Å². The van der Waals surface area contributed by atoms with E-state index in [1.807, 2.05) is 66.7 Å². The highest BCUT2D eigenvalue weighted by molar-refractivity contribution is 7.85. The van der Waals surface area contributed by atoms with E-state index >= 15 is 0 Å². The Kier molecular flexibility index (Phi) is 7.13. The fourth-order valence-corrected chi connectivity index (χ4v) is 10.6. The zero-order chi connectivity index (χ0) is 34.6. The summed E-state index contributed by atoms with van der Waals surface area (Å²) in [5.41, 5.74) is 5.37. The molecule has 3 heteroatoms. The predicted molar refractivity (Wildman–Crippen MR) is 222 cm³/mol. The third-order valence-electron chi connectivity index (χ3n) is 10.5. The lowest BCUT2D eigenvalue weighted by molar-refractivity contribution is 0.592. The number of nitrogens with zero attached hydrogens (tertiary/aromatic N) is 1. The number of rotatable bonds is 5. The van der Waals surface area contributed by atoms with Crippen molar-refractivity contribution in [2.45, 2.75) is 0 Å². The Morgan fingerprint density at radius 3 is 1.46 bits per heavy atom. The third-order valence-corrected chi connectivity index (χ3v) is 13.6. The van der Waals surface area contributed by atoms with E-state index in [0.29, 0.717) is 0 Å². The first kappa shape index (κ1) is 30.5. The molecule has 10 aromatic rings. The number of benzene rings is 9. The van der Waals surface area contributed by atoms with Crippen LogP contribution in [0.15, 0.2) is 194 Å². The van der Waals surface area contributed by atoms with Gasteiger partial charge in [0.25, 0.3) is 0 Å². The van der Waals surface area contributed by atoms with Crippen molar-refractivity contribution in [3.05, 3.63) is 194 Å². The normalized spacial score (nSPS) is 11.9. The minimum Gasteiger partial charge on any atom is -0.309 e. The maximum absolute atomic E-state index is 15.0. The first-order chi connectivity index (χ1) is 25.7. The summed E-state index contributed by atoms with van der Waals surface area (Å²) in [7, 11) is -3.05. The van der Waals surface area contributed by atoms with E-state index in [4.69, 9.17) is 4.98 Å². The lowest BCUT2D eigenvalue weighted by Crippen LogP contribution is -2.24. The summed E-state index contributed by atoms with van der Waals surface area (Å²) >= 11 is 0. The number of hydrogen-bond acceptors (Lipinski definition) is 2. The van der Waals surface area contributed by atoms with Gasteiger partial charge in [-0.1, -0.05) is 182 Å². The van der Waals surface area contributed by atoms with Gasteiger partial charge in [0.05, 0.1) is 11.2 Å². The summed E-state index contributed by atoms with van der Waals surface area (Å²) in [6.45, 7) is 0. The number of pyridine rings is 1. The monoisotopic (exact) mass is 681 g/mol. The number of fused-ring (bicyclic) bond motifs is 9. The second kappa shape index (κ2) is 12.2. The summed E-state index contributed by atoms with van der Waals surface area (Å²) < 4.78 is 15.0. The Balaban J connectivity index is 1.06. The molecule has 1 aromatic heterocycles. The molecule has 10 rings (SSSR count). The van der Waals surface area contributed by atoms with Crippen LogP contribution in [0.25, 0.3) is 76.4 Å². The van der Waals surface area contributed by atoms with Crippen LogP contribution in [0.3, 0.4) is 0 Å². The second-order valence-corrected chi connectivity index (χ2v) is 16.2. The van der Waals surface area contributed by atoms with Gasteiger partial charge in [0, 0.05) is 37.6 Å². The highest BCUT2D eigenvalue weighted by Crippen LogP contribution is 2.44. The smallest absolute Gasteiger partial charge is 0.171 e. The molecule has 0 aliphatic heterocycles. The summed E-state index contributed by atoms with van der Waals surface area (Å²) in [5, 5.41) is 13.1. The molecule has 0 aliphatic carbocycles. The average molecular weight is 682 g/mol. The Bertz CT molecular complexity index is 2980. The van der Waals surface area contributed by atoms with Crippen molar-refractivity contribution in [2.75, 3.05) is 0 Å². The molecule has 0 amide bonds. The SMILES string of the molecule is O=P(c1ccccc1)(c1ccccc1)c1ccc2cc(-c3ccc(-c4nc5c6ccccc6c6ccccc6c5c5ccccc45)cc3)ccc2c1. The minimum absolute atomic E-state index is 0.838. The van der Waals surface area contributed by atoms with Crippen molar-refractivity contribution in [1.29, 1.82) is 0 Å². The van der Waals surface area contributed by atoms with Gasteiger partial charge < -0.3 is 4.57 Å². The molecule has 244 valence electrons. The molecule has 1 heterocycles. The van der Waals surface area contributed by atoms with Gasteiger partial charge in [-0.05, 0) is 55.6 Å². The van der Waals surface area contributed by atoms with E-state index in [2.05, 4.69) is 127 Å². The highest BCUT2D eigenvalue weighted by Gasteiger charge is 2.29. The molecule has 9 aromatic carbocycles. The molecule has 0 unspecified atom stereocenters. The largest absolute Gasteiger partial charge is 0.309 e. The Labute approximate surface area is 302 Å². The van der Waals surface area contributed by atoms with Crippen LogP contribution >= 0.6 is 7.14 Å². The van der Waals surface area contributed by atoms with Crippen molar-refractivity contribution in [2.24, 2.45) is 0 Å². The van der Waals surface area contributed by atoms with Crippen molar-refractivity contribution >= 4 is 77.0 Å². The van der Waals surface area contributed by atoms with Crippen LogP contribution in [0.1, 0.15) is 0 Å². The Morgan fingerprint density at radius 1 is 0.346 bits per heavy atom. The van der Waals surface area contributed by atoms with Gasteiger partial charge in [0.2, 0.25) is 0 Å². The van der Waals surface area contributed by atoms with E-state index in [1.165, 1.54) is 32.3 Å². The van der Waals surface area contributed by atoms with Crippen molar-refractivity contribution in [1.82, 2.24) is 4.98 Å². The van der Waals surface area contributed by atoms with Gasteiger partial charge in [-0.15, -0.1) is 0 Å². The molecule has 0 spiro atoms. The van der Waals surface area contributed by atoms with Crippen LogP contribution in [-0.2, 0) is 4.57 Å². The van der Waals surface area contributed by atoms with Gasteiger partial charge >= 0.3 is 0 Å². The van der Waals surface area contributed by atoms with Crippen LogP contribution in [0.2, 0.25) is 0 Å². The lowest BCUT2D eigenvalue weighted by Gasteiger charge is -2.20. The lowest BCUT2D eigenvalue weighted by atomic mass is 9.92. The summed E-state index contributed by atoms with van der Waals surface area (Å²) in [6, 6.07) is 67.3. The Hall–Kier alpha value is -6.34. The summed E-state index contributed by atoms with van der Waals surface area (Å²) in [6.07, 6.45) is 0. The molecule has 0 N–H and O–H groups in total. The minimum atomic E-state index is -3.05. The van der Waals surface area contributed by atoms with Crippen LogP contribution in [0.5, 0.6) is 0 Å². The van der Waals surface area contributed by atoms with Crippen LogP contribution < -0.4 is 15.9 Å². The van der Waals surface area contributed by atoms with E-state index < -0.39 is 7.14 Å². The zero-order valence-corrected chi connectivity index (χ0v) is 29.2. The first-order valence-electron chi connectivity index (χ1n) is 17.7. The van der Waals surface area contributed by atoms with E-state index in [-0.39, 0.29) is 0 Å². The summed E-state index contributed by atoms with van der Waals surface area (Å²) in [5.74, 6) is 0. The quantitative estimate of drug-likeness (QED) is 0.134. The standard InChI is InChI=1S/C49H32NOP/c51-52(38-13-3-1-4-14-38,39-15-5-2-6-16-39)40-30-29-36-31-35(27-28-37(36)32-40)33-23-25-34(26-24-33)48-46-22-12-10-20-44(46)47-43-19-9-7-17-41(43)42-18-8-11-21-45(42)49(47)50-48/h1-32H. The molecule has 0 bridgehead atoms. The fourth-order valence-electron chi connectivity index (χ4n) is 7.96. The summed E-state index contributed by atoms with van der Waals surface area (Å²) in [4.78, 5) is 5.44. The van der Waals surface area contributed by atoms with Crippen LogP contribution in [0.4, 0.5) is 0 Å². The maximum Gasteiger partial charge on any atom is 0.171 e. The molecule has 52 heavy (non-hydrogen) atoms. The van der Waals surface area contributed by atoms with Crippen LogP contribution in [-0.4, -0.2) is 4.98 Å². The topological polar surface area (TPSA) is 30.0 Å². The van der Waals surface area contributed by atoms with Crippen molar-refractivity contribution in [3.8, 4) is 22.4 Å². The zero-order valence-electron chi connectivity index (χ0n) is 28.3. The van der Waals surface area contributed by atoms with Crippen LogP contribution in [0, 0.1) is 0 Å². The molecule has 0 saturated heterocycles. The van der Waals surface area contributed by atoms with E-state index in [1.54, 1.807) is 0 Å². The molecule has 2 nitrogen and oxygen atoms in total. The molecule has 0 atom stereocenters. The Morgan fingerprint density at radius 2 is 0.808 bits per heavy atom. The van der Waals surface area contributed by atoms with Gasteiger partial charge in [-0.3, -0.25) is 0 Å².